The Bertz CT molecular complexity index is 1470. The van der Waals surface area contributed by atoms with Crippen LogP contribution in [-0.2, 0) is 21.2 Å². The molecule has 0 spiro atoms. The highest BCUT2D eigenvalue weighted by Gasteiger charge is 2.32. The maximum atomic E-state index is 13.1. The molecule has 0 bridgehead atoms. The molecule has 0 atom stereocenters. The number of sulfonamides is 1. The van der Waals surface area contributed by atoms with Crippen molar-refractivity contribution in [2.75, 3.05) is 45.4 Å². The number of para-hydroxylation sites is 1. The van der Waals surface area contributed by atoms with Gasteiger partial charge in [-0.25, -0.2) is 8.42 Å². The Labute approximate surface area is 245 Å². The van der Waals surface area contributed by atoms with Gasteiger partial charge in [0.05, 0.1) is 30.4 Å². The molecule has 41 heavy (non-hydrogen) atoms. The minimum atomic E-state index is -3.62. The summed E-state index contributed by atoms with van der Waals surface area (Å²) in [5.41, 5.74) is 1.77. The predicted molar refractivity (Wildman–Crippen MR) is 160 cm³/mol. The Balaban J connectivity index is 1.32. The van der Waals surface area contributed by atoms with Crippen LogP contribution in [0.1, 0.15) is 28.8 Å². The lowest BCUT2D eigenvalue weighted by atomic mass is 9.97. The van der Waals surface area contributed by atoms with E-state index in [-0.39, 0.29) is 35.7 Å². The number of rotatable bonds is 11. The third kappa shape index (κ3) is 7.41. The SMILES string of the molecule is COc1ccc(CCNC(=O)c2ccccc2NC(=O)C2CCN(S(=O)(=O)c3ccc(SC)cc3)CC2)cc1OC. The second-order valence-electron chi connectivity index (χ2n) is 9.58. The van der Waals surface area contributed by atoms with Crippen molar-refractivity contribution in [2.24, 2.45) is 5.92 Å². The summed E-state index contributed by atoms with van der Waals surface area (Å²) in [6.07, 6.45) is 3.32. The van der Waals surface area contributed by atoms with E-state index in [1.54, 1.807) is 74.5 Å². The molecule has 4 rings (SSSR count). The van der Waals surface area contributed by atoms with Crippen molar-refractivity contribution < 1.29 is 27.5 Å². The lowest BCUT2D eigenvalue weighted by Crippen LogP contribution is -2.41. The minimum absolute atomic E-state index is 0.225. The first-order chi connectivity index (χ1) is 19.8. The molecule has 0 radical (unpaired) electrons. The molecule has 11 heteroatoms. The second kappa shape index (κ2) is 13.9. The topological polar surface area (TPSA) is 114 Å². The molecule has 2 N–H and O–H groups in total. The van der Waals surface area contributed by atoms with Crippen molar-refractivity contribution in [3.8, 4) is 11.5 Å². The number of thioether (sulfide) groups is 1. The van der Waals surface area contributed by atoms with Gasteiger partial charge in [0, 0.05) is 30.4 Å². The van der Waals surface area contributed by atoms with Crippen molar-refractivity contribution >= 4 is 39.3 Å². The fourth-order valence-corrected chi connectivity index (χ4v) is 6.61. The quantitative estimate of drug-likeness (QED) is 0.314. The van der Waals surface area contributed by atoms with E-state index in [0.717, 1.165) is 10.5 Å². The number of anilines is 1. The standard InChI is InChI=1S/C30H35N3O6S2/c1-38-27-13-8-21(20-28(27)39-2)14-17-31-30(35)25-6-4-5-7-26(25)32-29(34)22-15-18-33(19-16-22)41(36,37)24-11-9-23(40-3)10-12-24/h4-13,20,22H,14-19H2,1-3H3,(H,31,35)(H,32,34). The number of nitrogens with zero attached hydrogens (tertiary/aromatic N) is 1. The van der Waals surface area contributed by atoms with Crippen LogP contribution >= 0.6 is 11.8 Å². The highest BCUT2D eigenvalue weighted by Crippen LogP contribution is 2.28. The van der Waals surface area contributed by atoms with Crippen LogP contribution in [0.25, 0.3) is 0 Å². The number of carbonyl (C=O) groups is 2. The van der Waals surface area contributed by atoms with Crippen LogP contribution in [-0.4, -0.2) is 64.6 Å². The predicted octanol–water partition coefficient (Wildman–Crippen LogP) is 4.44. The molecule has 1 aliphatic rings. The molecule has 218 valence electrons. The highest BCUT2D eigenvalue weighted by molar-refractivity contribution is 7.98. The lowest BCUT2D eigenvalue weighted by Gasteiger charge is -2.30. The number of hydrogen-bond donors (Lipinski definition) is 2. The molecule has 0 aliphatic carbocycles. The molecule has 0 unspecified atom stereocenters. The first-order valence-corrected chi connectivity index (χ1v) is 16.0. The van der Waals surface area contributed by atoms with Gasteiger partial charge in [-0.05, 0) is 79.6 Å². The Kier molecular flexibility index (Phi) is 10.3. The van der Waals surface area contributed by atoms with Gasteiger partial charge in [0.15, 0.2) is 11.5 Å². The van der Waals surface area contributed by atoms with Crippen molar-refractivity contribution in [3.63, 3.8) is 0 Å². The van der Waals surface area contributed by atoms with Gasteiger partial charge in [-0.15, -0.1) is 11.8 Å². The Hall–Kier alpha value is -3.54. The van der Waals surface area contributed by atoms with E-state index in [9.17, 15) is 18.0 Å². The molecular formula is C30H35N3O6S2. The molecule has 3 aromatic rings. The molecule has 0 saturated carbocycles. The normalized spacial score (nSPS) is 14.3. The van der Waals surface area contributed by atoms with Crippen LogP contribution in [0, 0.1) is 5.92 Å². The minimum Gasteiger partial charge on any atom is -0.493 e. The molecule has 2 amide bonds. The number of nitrogens with one attached hydrogen (secondary N) is 2. The molecule has 0 aromatic heterocycles. The van der Waals surface area contributed by atoms with E-state index < -0.39 is 10.0 Å². The van der Waals surface area contributed by atoms with E-state index in [1.807, 2.05) is 24.5 Å². The van der Waals surface area contributed by atoms with Crippen LogP contribution in [0.3, 0.4) is 0 Å². The number of amides is 2. The summed E-state index contributed by atoms with van der Waals surface area (Å²) < 4.78 is 38.2. The van der Waals surface area contributed by atoms with Gasteiger partial charge in [0.1, 0.15) is 0 Å². The smallest absolute Gasteiger partial charge is 0.253 e. The Morgan fingerprint density at radius 2 is 1.63 bits per heavy atom. The highest BCUT2D eigenvalue weighted by atomic mass is 32.2. The summed E-state index contributed by atoms with van der Waals surface area (Å²) in [5, 5.41) is 5.81. The first kappa shape index (κ1) is 30.4. The molecule has 1 saturated heterocycles. The maximum absolute atomic E-state index is 13.1. The summed E-state index contributed by atoms with van der Waals surface area (Å²) in [6.45, 7) is 0.898. The Morgan fingerprint density at radius 3 is 2.29 bits per heavy atom. The lowest BCUT2D eigenvalue weighted by molar-refractivity contribution is -0.120. The average Bonchev–Trinajstić information content (AvgIpc) is 3.01. The van der Waals surface area contributed by atoms with E-state index in [0.29, 0.717) is 48.6 Å². The average molecular weight is 598 g/mol. The first-order valence-electron chi connectivity index (χ1n) is 13.3. The number of ether oxygens (including phenoxy) is 2. The summed E-state index contributed by atoms with van der Waals surface area (Å²) in [7, 11) is -0.471. The summed E-state index contributed by atoms with van der Waals surface area (Å²) >= 11 is 1.55. The third-order valence-electron chi connectivity index (χ3n) is 7.10. The van der Waals surface area contributed by atoms with E-state index in [1.165, 1.54) is 4.31 Å². The van der Waals surface area contributed by atoms with Crippen LogP contribution in [0.4, 0.5) is 5.69 Å². The number of methoxy groups -OCH3 is 2. The Morgan fingerprint density at radius 1 is 0.951 bits per heavy atom. The van der Waals surface area contributed by atoms with Crippen LogP contribution in [0.2, 0.25) is 0 Å². The van der Waals surface area contributed by atoms with Crippen molar-refractivity contribution in [3.05, 3.63) is 77.9 Å². The summed E-state index contributed by atoms with van der Waals surface area (Å²) in [6, 6.07) is 19.3. The molecule has 1 heterocycles. The van der Waals surface area contributed by atoms with Crippen LogP contribution in [0.15, 0.2) is 76.5 Å². The van der Waals surface area contributed by atoms with E-state index in [2.05, 4.69) is 10.6 Å². The summed E-state index contributed by atoms with van der Waals surface area (Å²) in [5.74, 6) is 0.379. The van der Waals surface area contributed by atoms with Crippen LogP contribution < -0.4 is 20.1 Å². The number of benzene rings is 3. The van der Waals surface area contributed by atoms with Gasteiger partial charge in [-0.2, -0.15) is 4.31 Å². The van der Waals surface area contributed by atoms with Crippen molar-refractivity contribution in [2.45, 2.75) is 29.1 Å². The number of piperidine rings is 1. The zero-order valence-corrected chi connectivity index (χ0v) is 25.0. The van der Waals surface area contributed by atoms with Gasteiger partial charge in [0.25, 0.3) is 5.91 Å². The summed E-state index contributed by atoms with van der Waals surface area (Å²) in [4.78, 5) is 27.3. The third-order valence-corrected chi connectivity index (χ3v) is 9.76. The number of hydrogen-bond acceptors (Lipinski definition) is 7. The van der Waals surface area contributed by atoms with Gasteiger partial charge in [-0.1, -0.05) is 18.2 Å². The molecule has 1 aliphatic heterocycles. The largest absolute Gasteiger partial charge is 0.493 e. The second-order valence-corrected chi connectivity index (χ2v) is 12.4. The van der Waals surface area contributed by atoms with Gasteiger partial charge >= 0.3 is 0 Å². The molecular weight excluding hydrogens is 562 g/mol. The number of carbonyl (C=O) groups excluding carboxylic acids is 2. The van der Waals surface area contributed by atoms with Crippen molar-refractivity contribution in [1.29, 1.82) is 0 Å². The van der Waals surface area contributed by atoms with E-state index in [4.69, 9.17) is 9.47 Å². The zero-order chi connectivity index (χ0) is 29.4. The van der Waals surface area contributed by atoms with Gasteiger partial charge < -0.3 is 20.1 Å². The maximum Gasteiger partial charge on any atom is 0.253 e. The van der Waals surface area contributed by atoms with Crippen molar-refractivity contribution in [1.82, 2.24) is 9.62 Å². The van der Waals surface area contributed by atoms with Gasteiger partial charge in [-0.3, -0.25) is 9.59 Å². The molecule has 1 fully saturated rings. The molecule has 3 aromatic carbocycles. The van der Waals surface area contributed by atoms with E-state index >= 15 is 0 Å². The zero-order valence-electron chi connectivity index (χ0n) is 23.4. The van der Waals surface area contributed by atoms with Crippen LogP contribution in [0.5, 0.6) is 11.5 Å². The fraction of sp³-hybridized carbons (Fsp3) is 0.333. The monoisotopic (exact) mass is 597 g/mol. The fourth-order valence-electron chi connectivity index (χ4n) is 4.73. The van der Waals surface area contributed by atoms with Gasteiger partial charge in [0.2, 0.25) is 15.9 Å². The molecule has 9 nitrogen and oxygen atoms in total.